The standard InChI is InChI=1S/C25H38F2N6O2/c1-6-7-25(26,27)20-9-19-23(30-29-20)24(4,5)15-33(19)22(35)14-31-12-17(3)28-10-18(31)13-32-11-16(2)8-21(32)34/h9,16-18,28H,6-8,10-15H2,1-5H3. The smallest absolute Gasteiger partial charge is 0.291 e. The summed E-state index contributed by atoms with van der Waals surface area (Å²) in [6, 6.07) is 1.58. The quantitative estimate of drug-likeness (QED) is 0.630. The normalized spacial score (nSPS) is 26.9. The number of hydrogen-bond donors (Lipinski definition) is 1. The number of alkyl halides is 2. The number of fused-ring (bicyclic) bond motifs is 1. The number of anilines is 1. The van der Waals surface area contributed by atoms with Crippen LogP contribution in [0.15, 0.2) is 6.07 Å². The third-order valence-electron chi connectivity index (χ3n) is 7.40. The maximum Gasteiger partial charge on any atom is 0.291 e. The van der Waals surface area contributed by atoms with Gasteiger partial charge >= 0.3 is 0 Å². The Kier molecular flexibility index (Phi) is 7.16. The monoisotopic (exact) mass is 492 g/mol. The zero-order chi connectivity index (χ0) is 25.5. The molecule has 4 rings (SSSR count). The summed E-state index contributed by atoms with van der Waals surface area (Å²) in [4.78, 5) is 31.6. The van der Waals surface area contributed by atoms with Crippen LogP contribution in [0.5, 0.6) is 0 Å². The Hall–Kier alpha value is -2.20. The zero-order valence-corrected chi connectivity index (χ0v) is 21.5. The number of likely N-dealkylation sites (tertiary alicyclic amines) is 1. The highest BCUT2D eigenvalue weighted by Crippen LogP contribution is 2.41. The molecule has 3 atom stereocenters. The summed E-state index contributed by atoms with van der Waals surface area (Å²) in [7, 11) is 0. The molecule has 35 heavy (non-hydrogen) atoms. The molecule has 8 nitrogen and oxygen atoms in total. The van der Waals surface area contributed by atoms with Gasteiger partial charge in [-0.3, -0.25) is 14.5 Å². The lowest BCUT2D eigenvalue weighted by atomic mass is 9.91. The summed E-state index contributed by atoms with van der Waals surface area (Å²) in [5.41, 5.74) is 0.141. The lowest BCUT2D eigenvalue weighted by molar-refractivity contribution is -0.128. The Morgan fingerprint density at radius 2 is 2.00 bits per heavy atom. The van der Waals surface area contributed by atoms with Gasteiger partial charge in [0.05, 0.1) is 17.9 Å². The number of nitrogens with one attached hydrogen (secondary N) is 1. The minimum atomic E-state index is -3.09. The SMILES string of the molecule is CCCC(F)(F)c1cc2c(nn1)C(C)(C)CN2C(=O)CN1CC(C)NCC1CN1CC(C)CC1=O. The van der Waals surface area contributed by atoms with Crippen LogP contribution in [-0.4, -0.2) is 83.2 Å². The van der Waals surface area contributed by atoms with Crippen LogP contribution in [0.25, 0.3) is 0 Å². The molecule has 3 aliphatic rings. The van der Waals surface area contributed by atoms with Crippen molar-refractivity contribution in [3.8, 4) is 0 Å². The molecule has 0 aromatic carbocycles. The molecule has 3 unspecified atom stereocenters. The average Bonchev–Trinajstić information content (AvgIpc) is 3.24. The van der Waals surface area contributed by atoms with Crippen molar-refractivity contribution in [1.29, 1.82) is 0 Å². The molecule has 0 saturated carbocycles. The van der Waals surface area contributed by atoms with Crippen molar-refractivity contribution < 1.29 is 18.4 Å². The van der Waals surface area contributed by atoms with E-state index < -0.39 is 11.3 Å². The molecule has 0 aliphatic carbocycles. The molecule has 2 amide bonds. The summed E-state index contributed by atoms with van der Waals surface area (Å²) in [5, 5.41) is 11.5. The molecular formula is C25H38F2N6O2. The van der Waals surface area contributed by atoms with Crippen LogP contribution in [-0.2, 0) is 20.9 Å². The van der Waals surface area contributed by atoms with Crippen molar-refractivity contribution in [1.82, 2.24) is 25.3 Å². The summed E-state index contributed by atoms with van der Waals surface area (Å²) in [6.07, 6.45) is 0.577. The topological polar surface area (TPSA) is 81.7 Å². The van der Waals surface area contributed by atoms with Crippen molar-refractivity contribution in [2.45, 2.75) is 77.3 Å². The van der Waals surface area contributed by atoms with Gasteiger partial charge in [-0.05, 0) is 18.9 Å². The Bertz CT molecular complexity index is 971. The number of piperazine rings is 1. The van der Waals surface area contributed by atoms with E-state index in [1.807, 2.05) is 18.7 Å². The van der Waals surface area contributed by atoms with Crippen LogP contribution in [0.4, 0.5) is 14.5 Å². The average molecular weight is 493 g/mol. The van der Waals surface area contributed by atoms with Crippen molar-refractivity contribution in [2.24, 2.45) is 5.92 Å². The van der Waals surface area contributed by atoms with Gasteiger partial charge in [0.25, 0.3) is 5.92 Å². The maximum atomic E-state index is 14.6. The summed E-state index contributed by atoms with van der Waals surface area (Å²) in [5.74, 6) is -2.72. The van der Waals surface area contributed by atoms with E-state index in [4.69, 9.17) is 0 Å². The van der Waals surface area contributed by atoms with Crippen LogP contribution in [0.1, 0.15) is 65.3 Å². The number of halogens is 2. The highest BCUT2D eigenvalue weighted by molar-refractivity contribution is 5.97. The van der Waals surface area contributed by atoms with E-state index in [9.17, 15) is 18.4 Å². The van der Waals surface area contributed by atoms with E-state index in [0.29, 0.717) is 56.3 Å². The van der Waals surface area contributed by atoms with Gasteiger partial charge in [0.2, 0.25) is 11.8 Å². The van der Waals surface area contributed by atoms with Gasteiger partial charge in [0.1, 0.15) is 5.69 Å². The van der Waals surface area contributed by atoms with Gasteiger partial charge < -0.3 is 15.1 Å². The van der Waals surface area contributed by atoms with Crippen LogP contribution < -0.4 is 10.2 Å². The molecule has 1 aromatic rings. The number of aromatic nitrogens is 2. The highest BCUT2D eigenvalue weighted by Gasteiger charge is 2.43. The van der Waals surface area contributed by atoms with Gasteiger partial charge in [-0.2, -0.15) is 13.9 Å². The second-order valence-electron chi connectivity index (χ2n) is 11.3. The van der Waals surface area contributed by atoms with Crippen molar-refractivity contribution in [3.05, 3.63) is 17.5 Å². The molecule has 194 valence electrons. The molecule has 2 fully saturated rings. The molecule has 3 aliphatic heterocycles. The first-order valence-electron chi connectivity index (χ1n) is 12.7. The van der Waals surface area contributed by atoms with Crippen molar-refractivity contribution in [3.63, 3.8) is 0 Å². The number of hydrogen-bond acceptors (Lipinski definition) is 6. The van der Waals surface area contributed by atoms with E-state index in [1.54, 1.807) is 11.8 Å². The molecule has 0 spiro atoms. The van der Waals surface area contributed by atoms with E-state index in [2.05, 4.69) is 34.3 Å². The van der Waals surface area contributed by atoms with Gasteiger partial charge in [-0.25, -0.2) is 0 Å². The van der Waals surface area contributed by atoms with Crippen molar-refractivity contribution in [2.75, 3.05) is 44.2 Å². The predicted octanol–water partition coefficient (Wildman–Crippen LogP) is 2.52. The fourth-order valence-electron chi connectivity index (χ4n) is 5.53. The predicted molar refractivity (Wildman–Crippen MR) is 129 cm³/mol. The summed E-state index contributed by atoms with van der Waals surface area (Å²) >= 11 is 0. The van der Waals surface area contributed by atoms with Crippen LogP contribution in [0.3, 0.4) is 0 Å². The minimum absolute atomic E-state index is 0.0134. The zero-order valence-electron chi connectivity index (χ0n) is 21.5. The number of rotatable bonds is 7. The summed E-state index contributed by atoms with van der Waals surface area (Å²) < 4.78 is 29.2. The third kappa shape index (κ3) is 5.33. The summed E-state index contributed by atoms with van der Waals surface area (Å²) in [6.45, 7) is 13.0. The Morgan fingerprint density at radius 3 is 2.66 bits per heavy atom. The molecule has 4 heterocycles. The van der Waals surface area contributed by atoms with E-state index >= 15 is 0 Å². The van der Waals surface area contributed by atoms with E-state index in [-0.39, 0.29) is 42.6 Å². The fraction of sp³-hybridized carbons (Fsp3) is 0.760. The molecule has 2 saturated heterocycles. The minimum Gasteiger partial charge on any atom is -0.341 e. The number of amides is 2. The Balaban J connectivity index is 1.54. The van der Waals surface area contributed by atoms with Gasteiger partial charge in [-0.1, -0.05) is 34.1 Å². The first kappa shape index (κ1) is 25.9. The second kappa shape index (κ2) is 9.69. The number of nitrogens with zero attached hydrogens (tertiary/aromatic N) is 5. The number of carbonyl (C=O) groups is 2. The molecule has 0 radical (unpaired) electrons. The first-order chi connectivity index (χ1) is 16.4. The highest BCUT2D eigenvalue weighted by atomic mass is 19.3. The van der Waals surface area contributed by atoms with Gasteiger partial charge in [0, 0.05) is 63.1 Å². The first-order valence-corrected chi connectivity index (χ1v) is 12.7. The molecule has 1 N–H and O–H groups in total. The van der Waals surface area contributed by atoms with Gasteiger partial charge in [0.15, 0.2) is 0 Å². The Morgan fingerprint density at radius 1 is 1.26 bits per heavy atom. The Labute approximate surface area is 206 Å². The van der Waals surface area contributed by atoms with Crippen molar-refractivity contribution >= 4 is 17.5 Å². The van der Waals surface area contributed by atoms with Gasteiger partial charge in [-0.15, -0.1) is 5.10 Å². The van der Waals surface area contributed by atoms with E-state index in [1.165, 1.54) is 6.07 Å². The largest absolute Gasteiger partial charge is 0.341 e. The number of carbonyl (C=O) groups excluding carboxylic acids is 2. The van der Waals surface area contributed by atoms with Crippen LogP contribution in [0, 0.1) is 5.92 Å². The second-order valence-corrected chi connectivity index (χ2v) is 11.3. The lowest BCUT2D eigenvalue weighted by Crippen LogP contribution is -2.61. The van der Waals surface area contributed by atoms with Crippen LogP contribution >= 0.6 is 0 Å². The molecule has 0 bridgehead atoms. The lowest BCUT2D eigenvalue weighted by Gasteiger charge is -2.41. The maximum absolute atomic E-state index is 14.6. The molecule has 1 aromatic heterocycles. The molecular weight excluding hydrogens is 454 g/mol. The molecule has 10 heteroatoms. The van der Waals surface area contributed by atoms with E-state index in [0.717, 1.165) is 6.54 Å². The third-order valence-corrected chi connectivity index (χ3v) is 7.40. The van der Waals surface area contributed by atoms with Crippen LogP contribution in [0.2, 0.25) is 0 Å². The fourth-order valence-corrected chi connectivity index (χ4v) is 5.53.